The van der Waals surface area contributed by atoms with Gasteiger partial charge in [-0.15, -0.1) is 0 Å². The highest BCUT2D eigenvalue weighted by atomic mass is 32.1. The highest BCUT2D eigenvalue weighted by Gasteiger charge is 2.29. The summed E-state index contributed by atoms with van der Waals surface area (Å²) in [5.74, 6) is 1.71. The highest BCUT2D eigenvalue weighted by Crippen LogP contribution is 2.38. The third-order valence-electron chi connectivity index (χ3n) is 5.09. The van der Waals surface area contributed by atoms with Crippen LogP contribution in [0.25, 0.3) is 5.69 Å². The Bertz CT molecular complexity index is 935. The lowest BCUT2D eigenvalue weighted by molar-refractivity contribution is 0.194. The molecule has 0 radical (unpaired) electrons. The molecule has 3 aromatic rings. The minimum Gasteiger partial charge on any atom is -0.307 e. The van der Waals surface area contributed by atoms with E-state index in [1.807, 2.05) is 11.7 Å². The average Bonchev–Trinajstić information content (AvgIpc) is 3.27. The second kappa shape index (κ2) is 6.77. The SMILES string of the molecule is C[C@H](c1ccc(-n2cncn2)cc1)N(C)Cn1nc(C2CC2)n(C)c1=S. The first-order valence-corrected chi connectivity index (χ1v) is 9.24. The number of nitrogens with zero attached hydrogens (tertiary/aromatic N) is 7. The highest BCUT2D eigenvalue weighted by molar-refractivity contribution is 7.71. The lowest BCUT2D eigenvalue weighted by atomic mass is 10.1. The van der Waals surface area contributed by atoms with Crippen molar-refractivity contribution >= 4 is 12.2 Å². The van der Waals surface area contributed by atoms with Crippen molar-refractivity contribution in [3.8, 4) is 5.69 Å². The van der Waals surface area contributed by atoms with Gasteiger partial charge in [-0.05, 0) is 56.7 Å². The van der Waals surface area contributed by atoms with E-state index in [1.54, 1.807) is 11.0 Å². The molecule has 1 saturated carbocycles. The van der Waals surface area contributed by atoms with Crippen LogP contribution in [0.4, 0.5) is 0 Å². The number of hydrogen-bond acceptors (Lipinski definition) is 5. The largest absolute Gasteiger partial charge is 0.307 e. The minimum absolute atomic E-state index is 0.244. The van der Waals surface area contributed by atoms with E-state index in [4.69, 9.17) is 17.3 Å². The van der Waals surface area contributed by atoms with Crippen LogP contribution in [0.15, 0.2) is 36.9 Å². The van der Waals surface area contributed by atoms with Gasteiger partial charge in [0.1, 0.15) is 18.5 Å². The minimum atomic E-state index is 0.244. The molecule has 2 heterocycles. The van der Waals surface area contributed by atoms with Gasteiger partial charge in [0.2, 0.25) is 0 Å². The summed E-state index contributed by atoms with van der Waals surface area (Å²) in [6.45, 7) is 2.87. The van der Waals surface area contributed by atoms with Crippen molar-refractivity contribution in [3.63, 3.8) is 0 Å². The maximum absolute atomic E-state index is 5.57. The fraction of sp³-hybridized carbons (Fsp3) is 0.444. The average molecular weight is 369 g/mol. The fourth-order valence-electron chi connectivity index (χ4n) is 3.13. The summed E-state index contributed by atoms with van der Waals surface area (Å²) in [6.07, 6.45) is 5.69. The summed E-state index contributed by atoms with van der Waals surface area (Å²) in [5, 5.41) is 8.91. The molecule has 136 valence electrons. The maximum Gasteiger partial charge on any atom is 0.198 e. The van der Waals surface area contributed by atoms with Crippen LogP contribution in [0.1, 0.15) is 43.1 Å². The van der Waals surface area contributed by atoms with Gasteiger partial charge in [0.15, 0.2) is 4.77 Å². The molecular formula is C18H23N7S. The topological polar surface area (TPSA) is 56.7 Å². The molecule has 7 nitrogen and oxygen atoms in total. The van der Waals surface area contributed by atoms with Crippen molar-refractivity contribution in [1.29, 1.82) is 0 Å². The molecule has 0 saturated heterocycles. The van der Waals surface area contributed by atoms with E-state index >= 15 is 0 Å². The summed E-state index contributed by atoms with van der Waals surface area (Å²) in [6, 6.07) is 8.63. The molecule has 1 aliphatic carbocycles. The predicted octanol–water partition coefficient (Wildman–Crippen LogP) is 3.06. The first kappa shape index (κ1) is 17.1. The quantitative estimate of drug-likeness (QED) is 0.625. The maximum atomic E-state index is 5.57. The Morgan fingerprint density at radius 2 is 2.00 bits per heavy atom. The molecular weight excluding hydrogens is 346 g/mol. The van der Waals surface area contributed by atoms with E-state index in [0.29, 0.717) is 12.6 Å². The molecule has 1 aromatic carbocycles. The normalized spacial score (nSPS) is 15.5. The molecule has 0 aliphatic heterocycles. The molecule has 0 N–H and O–H groups in total. The zero-order chi connectivity index (χ0) is 18.3. The van der Waals surface area contributed by atoms with Gasteiger partial charge in [0.05, 0.1) is 12.4 Å². The second-order valence-corrected chi connectivity index (χ2v) is 7.34. The van der Waals surface area contributed by atoms with Crippen molar-refractivity contribution in [2.24, 2.45) is 7.05 Å². The van der Waals surface area contributed by atoms with Gasteiger partial charge >= 0.3 is 0 Å². The van der Waals surface area contributed by atoms with Crippen LogP contribution in [0.5, 0.6) is 0 Å². The Hall–Kier alpha value is -2.32. The van der Waals surface area contributed by atoms with Gasteiger partial charge in [0, 0.05) is 19.0 Å². The second-order valence-electron chi connectivity index (χ2n) is 6.98. The van der Waals surface area contributed by atoms with Gasteiger partial charge in [-0.2, -0.15) is 10.2 Å². The Labute approximate surface area is 157 Å². The van der Waals surface area contributed by atoms with Gasteiger partial charge in [-0.25, -0.2) is 14.3 Å². The van der Waals surface area contributed by atoms with Gasteiger partial charge in [-0.1, -0.05) is 12.1 Å². The molecule has 1 fully saturated rings. The Kier molecular flexibility index (Phi) is 4.46. The molecule has 26 heavy (non-hydrogen) atoms. The summed E-state index contributed by atoms with van der Waals surface area (Å²) in [4.78, 5) is 6.24. The predicted molar refractivity (Wildman–Crippen MR) is 102 cm³/mol. The molecule has 0 spiro atoms. The standard InChI is InChI=1S/C18H23N7S/c1-13(14-6-8-16(9-7-14)24-11-19-10-20-24)22(2)12-25-18(26)23(3)17(21-25)15-4-5-15/h6-11,13,15H,4-5,12H2,1-3H3/t13-/m1/s1. The first-order chi connectivity index (χ1) is 12.5. The Balaban J connectivity index is 1.48. The molecule has 1 atom stereocenters. The Morgan fingerprint density at radius 1 is 1.27 bits per heavy atom. The molecule has 4 rings (SSSR count). The third kappa shape index (κ3) is 3.22. The molecule has 8 heteroatoms. The lowest BCUT2D eigenvalue weighted by Gasteiger charge is -2.25. The van der Waals surface area contributed by atoms with E-state index in [9.17, 15) is 0 Å². The van der Waals surface area contributed by atoms with Gasteiger partial charge in [0.25, 0.3) is 0 Å². The van der Waals surface area contributed by atoms with Crippen molar-refractivity contribution in [3.05, 3.63) is 53.1 Å². The first-order valence-electron chi connectivity index (χ1n) is 8.83. The summed E-state index contributed by atoms with van der Waals surface area (Å²) >= 11 is 5.57. The van der Waals surface area contributed by atoms with Crippen molar-refractivity contribution in [2.75, 3.05) is 7.05 Å². The molecule has 0 bridgehead atoms. The van der Waals surface area contributed by atoms with Crippen LogP contribution in [-0.4, -0.2) is 41.1 Å². The lowest BCUT2D eigenvalue weighted by Crippen LogP contribution is -2.26. The fourth-order valence-corrected chi connectivity index (χ4v) is 3.32. The van der Waals surface area contributed by atoms with Crippen LogP contribution in [0.3, 0.4) is 0 Å². The van der Waals surface area contributed by atoms with Crippen molar-refractivity contribution in [1.82, 2.24) is 34.0 Å². The number of rotatable bonds is 6. The van der Waals surface area contributed by atoms with Crippen LogP contribution in [0.2, 0.25) is 0 Å². The molecule has 0 unspecified atom stereocenters. The van der Waals surface area contributed by atoms with Crippen LogP contribution in [-0.2, 0) is 13.7 Å². The number of hydrogen-bond donors (Lipinski definition) is 0. The van der Waals surface area contributed by atoms with Gasteiger partial charge in [-0.3, -0.25) is 4.90 Å². The number of benzene rings is 1. The van der Waals surface area contributed by atoms with Crippen LogP contribution < -0.4 is 0 Å². The zero-order valence-corrected chi connectivity index (χ0v) is 16.1. The number of aromatic nitrogens is 6. The zero-order valence-electron chi connectivity index (χ0n) is 15.3. The van der Waals surface area contributed by atoms with E-state index in [0.717, 1.165) is 16.3 Å². The molecule has 2 aromatic heterocycles. The van der Waals surface area contributed by atoms with Crippen molar-refractivity contribution < 1.29 is 0 Å². The van der Waals surface area contributed by atoms with E-state index in [1.165, 1.54) is 24.7 Å². The van der Waals surface area contributed by atoms with E-state index < -0.39 is 0 Å². The molecule has 1 aliphatic rings. The van der Waals surface area contributed by atoms with Crippen LogP contribution in [0, 0.1) is 4.77 Å². The third-order valence-corrected chi connectivity index (χ3v) is 5.58. The monoisotopic (exact) mass is 369 g/mol. The van der Waals surface area contributed by atoms with Crippen LogP contribution >= 0.6 is 12.2 Å². The summed E-state index contributed by atoms with van der Waals surface area (Å²) in [5.41, 5.74) is 2.24. The van der Waals surface area contributed by atoms with Crippen molar-refractivity contribution in [2.45, 2.75) is 38.4 Å². The van der Waals surface area contributed by atoms with E-state index in [-0.39, 0.29) is 6.04 Å². The van der Waals surface area contributed by atoms with E-state index in [2.05, 4.69) is 57.8 Å². The Morgan fingerprint density at radius 3 is 2.62 bits per heavy atom. The smallest absolute Gasteiger partial charge is 0.198 e. The van der Waals surface area contributed by atoms with Gasteiger partial charge < -0.3 is 4.57 Å². The summed E-state index contributed by atoms with van der Waals surface area (Å²) < 4.78 is 6.53. The molecule has 0 amide bonds. The summed E-state index contributed by atoms with van der Waals surface area (Å²) in [7, 11) is 4.12.